The molecule has 1 aromatic rings. The minimum Gasteiger partial charge on any atom is -0.391 e. The summed E-state index contributed by atoms with van der Waals surface area (Å²) in [5, 5.41) is 13.0. The van der Waals surface area contributed by atoms with Crippen LogP contribution in [0.25, 0.3) is 0 Å². The lowest BCUT2D eigenvalue weighted by molar-refractivity contribution is -0.124. The minimum atomic E-state index is -0.383. The summed E-state index contributed by atoms with van der Waals surface area (Å²) in [6.07, 6.45) is 4.23. The molecule has 0 aliphatic heterocycles. The summed E-state index contributed by atoms with van der Waals surface area (Å²) in [6.45, 7) is 2.02. The van der Waals surface area contributed by atoms with Crippen LogP contribution in [0, 0.1) is 0 Å². The van der Waals surface area contributed by atoms with Gasteiger partial charge in [-0.1, -0.05) is 50.1 Å². The van der Waals surface area contributed by atoms with Gasteiger partial charge in [0.25, 0.3) is 0 Å². The normalized spacial score (nSPS) is 24.7. The quantitative estimate of drug-likeness (QED) is 0.875. The van der Waals surface area contributed by atoms with Crippen molar-refractivity contribution < 1.29 is 9.90 Å². The molecule has 1 saturated carbocycles. The van der Waals surface area contributed by atoms with Crippen molar-refractivity contribution in [3.05, 3.63) is 35.9 Å². The maximum Gasteiger partial charge on any atom is 0.227 e. The Morgan fingerprint density at radius 2 is 2.00 bits per heavy atom. The zero-order valence-corrected chi connectivity index (χ0v) is 11.5. The molecule has 2 rings (SSSR count). The molecule has 1 aromatic carbocycles. The highest BCUT2D eigenvalue weighted by atomic mass is 16.3. The average Bonchev–Trinajstić information content (AvgIpc) is 2.43. The first-order valence-corrected chi connectivity index (χ1v) is 7.25. The Balaban J connectivity index is 2.01. The number of carbonyl (C=O) groups excluding carboxylic acids is 1. The predicted octanol–water partition coefficient (Wildman–Crippen LogP) is 2.60. The number of carbonyl (C=O) groups is 1. The van der Waals surface area contributed by atoms with Gasteiger partial charge in [0.1, 0.15) is 0 Å². The van der Waals surface area contributed by atoms with Crippen LogP contribution in [-0.2, 0) is 4.79 Å². The van der Waals surface area contributed by atoms with Crippen LogP contribution < -0.4 is 5.32 Å². The molecule has 3 atom stereocenters. The largest absolute Gasteiger partial charge is 0.391 e. The summed E-state index contributed by atoms with van der Waals surface area (Å²) >= 11 is 0. The standard InChI is InChI=1S/C16H23NO2/c1-2-13(12-8-4-3-5-9-12)16(19)17-14-10-6-7-11-15(14)18/h3-5,8-9,13-15,18H,2,6-7,10-11H2,1H3,(H,17,19). The smallest absolute Gasteiger partial charge is 0.227 e. The van der Waals surface area contributed by atoms with Crippen molar-refractivity contribution in [1.29, 1.82) is 0 Å². The molecule has 1 amide bonds. The van der Waals surface area contributed by atoms with Gasteiger partial charge in [0.15, 0.2) is 0 Å². The van der Waals surface area contributed by atoms with Gasteiger partial charge in [0, 0.05) is 0 Å². The molecular formula is C16H23NO2. The summed E-state index contributed by atoms with van der Waals surface area (Å²) in [5.74, 6) is -0.0741. The fraction of sp³-hybridized carbons (Fsp3) is 0.562. The second-order valence-corrected chi connectivity index (χ2v) is 5.34. The van der Waals surface area contributed by atoms with Crippen LogP contribution in [0.4, 0.5) is 0 Å². The maximum absolute atomic E-state index is 12.4. The molecule has 104 valence electrons. The van der Waals surface area contributed by atoms with E-state index in [2.05, 4.69) is 5.32 Å². The van der Waals surface area contributed by atoms with E-state index >= 15 is 0 Å². The van der Waals surface area contributed by atoms with E-state index in [0.717, 1.165) is 37.7 Å². The summed E-state index contributed by atoms with van der Waals surface area (Å²) in [5.41, 5.74) is 1.05. The number of hydrogen-bond donors (Lipinski definition) is 2. The summed E-state index contributed by atoms with van der Waals surface area (Å²) in [6, 6.07) is 9.79. The second-order valence-electron chi connectivity index (χ2n) is 5.34. The van der Waals surface area contributed by atoms with Gasteiger partial charge in [0.05, 0.1) is 18.1 Å². The van der Waals surface area contributed by atoms with E-state index < -0.39 is 0 Å². The Kier molecular flexibility index (Phi) is 4.97. The van der Waals surface area contributed by atoms with Gasteiger partial charge in [-0.15, -0.1) is 0 Å². The van der Waals surface area contributed by atoms with E-state index in [0.29, 0.717) is 0 Å². The summed E-state index contributed by atoms with van der Waals surface area (Å²) in [7, 11) is 0. The Morgan fingerprint density at radius 1 is 1.32 bits per heavy atom. The Bertz CT molecular complexity index is 404. The first-order chi connectivity index (χ1) is 9.22. The fourth-order valence-corrected chi connectivity index (χ4v) is 2.82. The molecule has 2 N–H and O–H groups in total. The van der Waals surface area contributed by atoms with Crippen LogP contribution in [0.5, 0.6) is 0 Å². The van der Waals surface area contributed by atoms with Gasteiger partial charge in [0.2, 0.25) is 5.91 Å². The van der Waals surface area contributed by atoms with Crippen molar-refractivity contribution in [2.75, 3.05) is 0 Å². The first kappa shape index (κ1) is 14.1. The van der Waals surface area contributed by atoms with E-state index in [1.807, 2.05) is 37.3 Å². The zero-order valence-electron chi connectivity index (χ0n) is 11.5. The van der Waals surface area contributed by atoms with Crippen LogP contribution in [0.1, 0.15) is 50.5 Å². The van der Waals surface area contributed by atoms with E-state index in [1.165, 1.54) is 0 Å². The molecule has 0 heterocycles. The lowest BCUT2D eigenvalue weighted by Gasteiger charge is -2.29. The molecule has 0 spiro atoms. The van der Waals surface area contributed by atoms with Crippen LogP contribution in [0.2, 0.25) is 0 Å². The van der Waals surface area contributed by atoms with E-state index in [4.69, 9.17) is 0 Å². The van der Waals surface area contributed by atoms with Gasteiger partial charge in [-0.25, -0.2) is 0 Å². The molecule has 3 nitrogen and oxygen atoms in total. The summed E-state index contributed by atoms with van der Waals surface area (Å²) in [4.78, 5) is 12.4. The Hall–Kier alpha value is -1.35. The number of rotatable bonds is 4. The number of nitrogens with one attached hydrogen (secondary N) is 1. The van der Waals surface area contributed by atoms with Crippen molar-refractivity contribution in [3.63, 3.8) is 0 Å². The third-order valence-electron chi connectivity index (χ3n) is 3.98. The molecule has 1 aliphatic carbocycles. The highest BCUT2D eigenvalue weighted by molar-refractivity contribution is 5.83. The topological polar surface area (TPSA) is 49.3 Å². The predicted molar refractivity (Wildman–Crippen MR) is 75.9 cm³/mol. The van der Waals surface area contributed by atoms with Gasteiger partial charge in [-0.3, -0.25) is 4.79 Å². The fourth-order valence-electron chi connectivity index (χ4n) is 2.82. The van der Waals surface area contributed by atoms with Gasteiger partial charge in [-0.2, -0.15) is 0 Å². The number of aliphatic hydroxyl groups is 1. The molecule has 3 unspecified atom stereocenters. The lowest BCUT2D eigenvalue weighted by Crippen LogP contribution is -2.46. The van der Waals surface area contributed by atoms with E-state index in [-0.39, 0.29) is 24.0 Å². The highest BCUT2D eigenvalue weighted by Crippen LogP contribution is 2.22. The number of amides is 1. The molecule has 3 heteroatoms. The molecule has 0 saturated heterocycles. The molecule has 1 aliphatic rings. The van der Waals surface area contributed by atoms with Crippen LogP contribution in [0.3, 0.4) is 0 Å². The van der Waals surface area contributed by atoms with Crippen molar-refractivity contribution >= 4 is 5.91 Å². The first-order valence-electron chi connectivity index (χ1n) is 7.25. The SMILES string of the molecule is CCC(C(=O)NC1CCCCC1O)c1ccccc1. The molecule has 1 fully saturated rings. The lowest BCUT2D eigenvalue weighted by atomic mass is 9.90. The van der Waals surface area contributed by atoms with Gasteiger partial charge >= 0.3 is 0 Å². The van der Waals surface area contributed by atoms with Crippen molar-refractivity contribution in [3.8, 4) is 0 Å². The molecule has 0 aromatic heterocycles. The molecular weight excluding hydrogens is 238 g/mol. The second kappa shape index (κ2) is 6.71. The summed E-state index contributed by atoms with van der Waals surface area (Å²) < 4.78 is 0. The van der Waals surface area contributed by atoms with Gasteiger partial charge in [-0.05, 0) is 24.8 Å². The minimum absolute atomic E-state index is 0.0413. The highest BCUT2D eigenvalue weighted by Gasteiger charge is 2.27. The number of benzene rings is 1. The molecule has 19 heavy (non-hydrogen) atoms. The maximum atomic E-state index is 12.4. The van der Waals surface area contributed by atoms with Crippen LogP contribution >= 0.6 is 0 Å². The third kappa shape index (κ3) is 3.57. The zero-order chi connectivity index (χ0) is 13.7. The van der Waals surface area contributed by atoms with E-state index in [1.54, 1.807) is 0 Å². The Morgan fingerprint density at radius 3 is 2.63 bits per heavy atom. The third-order valence-corrected chi connectivity index (χ3v) is 3.98. The molecule has 0 bridgehead atoms. The average molecular weight is 261 g/mol. The van der Waals surface area contributed by atoms with Crippen LogP contribution in [-0.4, -0.2) is 23.2 Å². The number of hydrogen-bond acceptors (Lipinski definition) is 2. The van der Waals surface area contributed by atoms with Crippen LogP contribution in [0.15, 0.2) is 30.3 Å². The number of aliphatic hydroxyl groups excluding tert-OH is 1. The van der Waals surface area contributed by atoms with Crippen molar-refractivity contribution in [1.82, 2.24) is 5.32 Å². The Labute approximate surface area is 115 Å². The molecule has 0 radical (unpaired) electrons. The van der Waals surface area contributed by atoms with E-state index in [9.17, 15) is 9.90 Å². The van der Waals surface area contributed by atoms with Gasteiger partial charge < -0.3 is 10.4 Å². The van der Waals surface area contributed by atoms with Crippen molar-refractivity contribution in [2.45, 2.75) is 57.1 Å². The van der Waals surface area contributed by atoms with Crippen molar-refractivity contribution in [2.24, 2.45) is 0 Å². The monoisotopic (exact) mass is 261 g/mol.